The molecule has 0 radical (unpaired) electrons. The Morgan fingerprint density at radius 3 is 2.30 bits per heavy atom. The number of nitrogens with zero attached hydrogens (tertiary/aromatic N) is 1. The Bertz CT molecular complexity index is 1320. The van der Waals surface area contributed by atoms with Crippen molar-refractivity contribution in [3.8, 4) is 0 Å². The molecule has 3 amide bonds. The Hall–Kier alpha value is -3.87. The van der Waals surface area contributed by atoms with Gasteiger partial charge in [-0.05, 0) is 87.1 Å². The summed E-state index contributed by atoms with van der Waals surface area (Å²) in [7, 11) is 0. The Balaban J connectivity index is 1.62. The number of carbonyl (C=O) groups is 3. The molecule has 3 aromatic rings. The minimum Gasteiger partial charge on any atom is -0.444 e. The molecule has 0 saturated heterocycles. The first-order valence-corrected chi connectivity index (χ1v) is 12.7. The first kappa shape index (κ1) is 26.2. The fourth-order valence-corrected chi connectivity index (χ4v) is 4.32. The van der Waals surface area contributed by atoms with Gasteiger partial charge in [-0.15, -0.1) is 0 Å². The molecule has 1 saturated carbocycles. The molecule has 0 aromatic heterocycles. The lowest BCUT2D eigenvalue weighted by atomic mass is 9.98. The van der Waals surface area contributed by atoms with E-state index in [-0.39, 0.29) is 24.4 Å². The van der Waals surface area contributed by atoms with Crippen LogP contribution in [0, 0.1) is 13.8 Å². The van der Waals surface area contributed by atoms with Crippen LogP contribution in [0.2, 0.25) is 0 Å². The third kappa shape index (κ3) is 6.67. The number of benzene rings is 3. The summed E-state index contributed by atoms with van der Waals surface area (Å²) in [5, 5.41) is 7.68. The molecule has 0 aliphatic heterocycles. The number of aryl methyl sites for hydroxylation is 2. The number of ether oxygens (including phenoxy) is 1. The zero-order valence-electron chi connectivity index (χ0n) is 22.1. The second kappa shape index (κ2) is 10.6. The molecule has 1 unspecified atom stereocenters. The van der Waals surface area contributed by atoms with Crippen molar-refractivity contribution < 1.29 is 19.1 Å². The molecule has 3 aromatic carbocycles. The average Bonchev–Trinajstić information content (AvgIpc) is 3.66. The van der Waals surface area contributed by atoms with Crippen molar-refractivity contribution >= 4 is 34.4 Å². The minimum atomic E-state index is -0.841. The van der Waals surface area contributed by atoms with Crippen LogP contribution in [0.5, 0.6) is 0 Å². The number of alkyl carbamates (subject to hydrolysis) is 1. The van der Waals surface area contributed by atoms with Gasteiger partial charge in [0, 0.05) is 11.7 Å². The normalized spacial score (nSPS) is 14.1. The van der Waals surface area contributed by atoms with Gasteiger partial charge in [-0.3, -0.25) is 9.59 Å². The molecule has 7 heteroatoms. The molecular formula is C30H35N3O4. The topological polar surface area (TPSA) is 87.7 Å². The molecule has 1 fully saturated rings. The lowest BCUT2D eigenvalue weighted by Crippen LogP contribution is -2.47. The minimum absolute atomic E-state index is 0.0677. The van der Waals surface area contributed by atoms with E-state index in [1.165, 1.54) is 0 Å². The molecular weight excluding hydrogens is 466 g/mol. The van der Waals surface area contributed by atoms with Crippen molar-refractivity contribution in [2.24, 2.45) is 0 Å². The Kier molecular flexibility index (Phi) is 7.52. The zero-order chi connectivity index (χ0) is 26.7. The van der Waals surface area contributed by atoms with Crippen LogP contribution in [0.15, 0.2) is 60.7 Å². The number of anilines is 1. The summed E-state index contributed by atoms with van der Waals surface area (Å²) < 4.78 is 5.28. The highest BCUT2D eigenvalue weighted by Gasteiger charge is 2.41. The molecule has 194 valence electrons. The molecule has 0 bridgehead atoms. The summed E-state index contributed by atoms with van der Waals surface area (Å²) in [6.07, 6.45) is 0.950. The van der Waals surface area contributed by atoms with E-state index in [1.807, 2.05) is 74.5 Å². The molecule has 1 aliphatic carbocycles. The SMILES string of the molecule is Cc1ccc(C(C(=O)Nc2ccc3ccccc3c2)N(C(=O)CNC(=O)OC(C)(C)C)C2CC2)cc1C. The Labute approximate surface area is 218 Å². The maximum Gasteiger partial charge on any atom is 0.408 e. The molecule has 7 nitrogen and oxygen atoms in total. The highest BCUT2D eigenvalue weighted by Crippen LogP contribution is 2.36. The number of hydrogen-bond donors (Lipinski definition) is 2. The second-order valence-corrected chi connectivity index (χ2v) is 10.7. The zero-order valence-corrected chi connectivity index (χ0v) is 22.1. The maximum absolute atomic E-state index is 13.8. The number of rotatable bonds is 7. The van der Waals surface area contributed by atoms with Crippen LogP contribution in [0.25, 0.3) is 10.8 Å². The smallest absolute Gasteiger partial charge is 0.408 e. The number of amides is 3. The average molecular weight is 502 g/mol. The van der Waals surface area contributed by atoms with Crippen molar-refractivity contribution in [2.45, 2.75) is 65.1 Å². The van der Waals surface area contributed by atoms with Gasteiger partial charge in [-0.1, -0.05) is 48.5 Å². The largest absolute Gasteiger partial charge is 0.444 e. The van der Waals surface area contributed by atoms with Gasteiger partial charge < -0.3 is 20.3 Å². The predicted octanol–water partition coefficient (Wildman–Crippen LogP) is 5.65. The third-order valence-corrected chi connectivity index (χ3v) is 6.40. The van der Waals surface area contributed by atoms with E-state index in [2.05, 4.69) is 10.6 Å². The van der Waals surface area contributed by atoms with Crippen LogP contribution in [0.1, 0.15) is 56.3 Å². The third-order valence-electron chi connectivity index (χ3n) is 6.40. The standard InChI is InChI=1S/C30H35N3O4/c1-19-10-11-23(16-20(19)2)27(28(35)32-24-13-12-21-8-6-7-9-22(21)17-24)33(25-14-15-25)26(34)18-31-29(36)37-30(3,4)5/h6-13,16-17,25,27H,14-15,18H2,1-5H3,(H,31,36)(H,32,35). The van der Waals surface area contributed by atoms with Gasteiger partial charge in [0.1, 0.15) is 18.2 Å². The second-order valence-electron chi connectivity index (χ2n) is 10.7. The lowest BCUT2D eigenvalue weighted by molar-refractivity contribution is -0.138. The van der Waals surface area contributed by atoms with Gasteiger partial charge in [0.05, 0.1) is 0 Å². The highest BCUT2D eigenvalue weighted by atomic mass is 16.6. The van der Waals surface area contributed by atoms with Crippen LogP contribution >= 0.6 is 0 Å². The van der Waals surface area contributed by atoms with E-state index in [1.54, 1.807) is 25.7 Å². The summed E-state index contributed by atoms with van der Waals surface area (Å²) in [5.74, 6) is -0.624. The van der Waals surface area contributed by atoms with Gasteiger partial charge in [0.15, 0.2) is 0 Å². The molecule has 4 rings (SSSR count). The quantitative estimate of drug-likeness (QED) is 0.438. The fraction of sp³-hybridized carbons (Fsp3) is 0.367. The van der Waals surface area contributed by atoms with E-state index >= 15 is 0 Å². The summed E-state index contributed by atoms with van der Waals surface area (Å²) in [5.41, 5.74) is 2.86. The van der Waals surface area contributed by atoms with E-state index in [4.69, 9.17) is 4.74 Å². The van der Waals surface area contributed by atoms with E-state index in [0.29, 0.717) is 5.69 Å². The van der Waals surface area contributed by atoms with Gasteiger partial charge in [0.25, 0.3) is 5.91 Å². The first-order chi connectivity index (χ1) is 17.5. The van der Waals surface area contributed by atoms with E-state index in [9.17, 15) is 14.4 Å². The maximum atomic E-state index is 13.8. The highest BCUT2D eigenvalue weighted by molar-refractivity contribution is 6.00. The summed E-state index contributed by atoms with van der Waals surface area (Å²) in [6.45, 7) is 9.03. The van der Waals surface area contributed by atoms with Crippen molar-refractivity contribution in [3.63, 3.8) is 0 Å². The monoisotopic (exact) mass is 501 g/mol. The van der Waals surface area contributed by atoms with E-state index < -0.39 is 17.7 Å². The van der Waals surface area contributed by atoms with Gasteiger partial charge in [0.2, 0.25) is 5.91 Å². The first-order valence-electron chi connectivity index (χ1n) is 12.7. The molecule has 2 N–H and O–H groups in total. The molecule has 1 aliphatic rings. The van der Waals surface area contributed by atoms with Gasteiger partial charge in [-0.25, -0.2) is 4.79 Å². The summed E-state index contributed by atoms with van der Waals surface area (Å²) in [6, 6.07) is 18.6. The summed E-state index contributed by atoms with van der Waals surface area (Å²) in [4.78, 5) is 41.1. The molecule has 0 heterocycles. The Morgan fingerprint density at radius 2 is 1.65 bits per heavy atom. The summed E-state index contributed by atoms with van der Waals surface area (Å²) >= 11 is 0. The predicted molar refractivity (Wildman–Crippen MR) is 145 cm³/mol. The van der Waals surface area contributed by atoms with Crippen molar-refractivity contribution in [1.29, 1.82) is 0 Å². The van der Waals surface area contributed by atoms with Gasteiger partial charge >= 0.3 is 6.09 Å². The Morgan fingerprint density at radius 1 is 0.946 bits per heavy atom. The van der Waals surface area contributed by atoms with Gasteiger partial charge in [-0.2, -0.15) is 0 Å². The molecule has 0 spiro atoms. The van der Waals surface area contributed by atoms with Crippen LogP contribution < -0.4 is 10.6 Å². The number of fused-ring (bicyclic) bond motifs is 1. The van der Waals surface area contributed by atoms with Crippen LogP contribution in [0.3, 0.4) is 0 Å². The van der Waals surface area contributed by atoms with Crippen molar-refractivity contribution in [1.82, 2.24) is 10.2 Å². The van der Waals surface area contributed by atoms with Crippen molar-refractivity contribution in [2.75, 3.05) is 11.9 Å². The van der Waals surface area contributed by atoms with Crippen LogP contribution in [-0.4, -0.2) is 41.0 Å². The van der Waals surface area contributed by atoms with Crippen molar-refractivity contribution in [3.05, 3.63) is 77.4 Å². The fourth-order valence-electron chi connectivity index (χ4n) is 4.32. The lowest BCUT2D eigenvalue weighted by Gasteiger charge is -2.32. The van der Waals surface area contributed by atoms with Crippen LogP contribution in [-0.2, 0) is 14.3 Å². The molecule has 37 heavy (non-hydrogen) atoms. The number of carbonyl (C=O) groups excluding carboxylic acids is 3. The number of hydrogen-bond acceptors (Lipinski definition) is 4. The molecule has 1 atom stereocenters. The van der Waals surface area contributed by atoms with Crippen LogP contribution in [0.4, 0.5) is 10.5 Å². The van der Waals surface area contributed by atoms with E-state index in [0.717, 1.165) is 40.3 Å². The number of nitrogens with one attached hydrogen (secondary N) is 2.